The Balaban J connectivity index is 1.71. The molecular formula is C22H22N3O4P. The summed E-state index contributed by atoms with van der Waals surface area (Å²) in [6.45, 7) is -0.0240. The third-order valence-electron chi connectivity index (χ3n) is 4.23. The summed E-state index contributed by atoms with van der Waals surface area (Å²) < 4.78 is 30.0. The number of benzene rings is 3. The minimum atomic E-state index is -3.93. The maximum atomic E-state index is 13.3. The van der Waals surface area contributed by atoms with Crippen molar-refractivity contribution in [2.24, 2.45) is 5.11 Å². The van der Waals surface area contributed by atoms with Gasteiger partial charge in [0.2, 0.25) is 0 Å². The number of phosphoric acid groups is 1. The van der Waals surface area contributed by atoms with Gasteiger partial charge >= 0.3 is 7.82 Å². The van der Waals surface area contributed by atoms with Gasteiger partial charge in [0.1, 0.15) is 0 Å². The Morgan fingerprint density at radius 2 is 1.23 bits per heavy atom. The van der Waals surface area contributed by atoms with E-state index in [2.05, 4.69) is 10.0 Å². The molecule has 0 aromatic heterocycles. The van der Waals surface area contributed by atoms with Crippen LogP contribution in [0.1, 0.15) is 22.7 Å². The average Bonchev–Trinajstić information content (AvgIpc) is 2.81. The molecule has 0 radical (unpaired) electrons. The SMILES string of the molecule is [N-]=[N+]=NC(COP(=O)(OCc1ccccc1)OCc1ccccc1)c1ccccc1. The molecule has 0 bridgehead atoms. The van der Waals surface area contributed by atoms with E-state index in [1.807, 2.05) is 91.0 Å². The number of hydrogen-bond donors (Lipinski definition) is 0. The monoisotopic (exact) mass is 423 g/mol. The largest absolute Gasteiger partial charge is 0.475 e. The first-order valence-electron chi connectivity index (χ1n) is 9.39. The highest BCUT2D eigenvalue weighted by Crippen LogP contribution is 2.51. The van der Waals surface area contributed by atoms with Gasteiger partial charge in [0.15, 0.2) is 0 Å². The molecule has 8 heteroatoms. The number of phosphoric ester groups is 1. The molecule has 0 fully saturated rings. The molecule has 0 saturated heterocycles. The molecule has 0 aliphatic heterocycles. The van der Waals surface area contributed by atoms with Crippen LogP contribution in [0.3, 0.4) is 0 Å². The predicted molar refractivity (Wildman–Crippen MR) is 114 cm³/mol. The van der Waals surface area contributed by atoms with Crippen molar-refractivity contribution in [1.82, 2.24) is 0 Å². The molecule has 0 N–H and O–H groups in total. The molecule has 0 aliphatic carbocycles. The lowest BCUT2D eigenvalue weighted by Gasteiger charge is -2.20. The fourth-order valence-corrected chi connectivity index (χ4v) is 3.82. The summed E-state index contributed by atoms with van der Waals surface area (Å²) >= 11 is 0. The van der Waals surface area contributed by atoms with Crippen LogP contribution in [-0.2, 0) is 31.4 Å². The van der Waals surface area contributed by atoms with Gasteiger partial charge in [-0.15, -0.1) is 0 Å². The van der Waals surface area contributed by atoms with Crippen LogP contribution in [0.25, 0.3) is 10.4 Å². The van der Waals surface area contributed by atoms with Gasteiger partial charge in [0.25, 0.3) is 0 Å². The molecule has 1 atom stereocenters. The zero-order valence-corrected chi connectivity index (χ0v) is 17.2. The molecule has 7 nitrogen and oxygen atoms in total. The van der Waals surface area contributed by atoms with Crippen LogP contribution in [0.5, 0.6) is 0 Å². The molecule has 0 amide bonds. The molecule has 0 aliphatic rings. The second kappa shape index (κ2) is 11.3. The Morgan fingerprint density at radius 3 is 1.70 bits per heavy atom. The maximum Gasteiger partial charge on any atom is 0.475 e. The van der Waals surface area contributed by atoms with Gasteiger partial charge in [-0.1, -0.05) is 96.1 Å². The lowest BCUT2D eigenvalue weighted by atomic mass is 10.1. The van der Waals surface area contributed by atoms with Gasteiger partial charge in [0, 0.05) is 4.91 Å². The second-order valence-electron chi connectivity index (χ2n) is 6.39. The Hall–Kier alpha value is -2.92. The van der Waals surface area contributed by atoms with Crippen LogP contribution in [0.2, 0.25) is 0 Å². The minimum Gasteiger partial charge on any atom is -0.286 e. The molecule has 3 aromatic rings. The Morgan fingerprint density at radius 1 is 0.767 bits per heavy atom. The highest BCUT2D eigenvalue weighted by Gasteiger charge is 2.29. The third-order valence-corrected chi connectivity index (χ3v) is 5.59. The molecule has 0 spiro atoms. The van der Waals surface area contributed by atoms with Crippen LogP contribution in [-0.4, -0.2) is 6.61 Å². The molecule has 0 heterocycles. The van der Waals surface area contributed by atoms with Crippen molar-refractivity contribution < 1.29 is 18.1 Å². The summed E-state index contributed by atoms with van der Waals surface area (Å²) in [7, 11) is -3.93. The average molecular weight is 423 g/mol. The molecule has 1 unspecified atom stereocenters. The Bertz CT molecular complexity index is 949. The molecule has 3 rings (SSSR count). The van der Waals surface area contributed by atoms with E-state index in [1.54, 1.807) is 0 Å². The summed E-state index contributed by atoms with van der Waals surface area (Å²) in [5.41, 5.74) is 11.3. The number of azide groups is 1. The normalized spacial score (nSPS) is 12.1. The first-order valence-corrected chi connectivity index (χ1v) is 10.9. The van der Waals surface area contributed by atoms with Crippen molar-refractivity contribution in [2.45, 2.75) is 19.3 Å². The lowest BCUT2D eigenvalue weighted by Crippen LogP contribution is -2.08. The molecular weight excluding hydrogens is 401 g/mol. The Kier molecular flexibility index (Phi) is 8.21. The molecule has 3 aromatic carbocycles. The van der Waals surface area contributed by atoms with Crippen molar-refractivity contribution >= 4 is 7.82 Å². The maximum absolute atomic E-state index is 13.3. The zero-order valence-electron chi connectivity index (χ0n) is 16.3. The summed E-state index contributed by atoms with van der Waals surface area (Å²) in [5, 5.41) is 3.76. The van der Waals surface area contributed by atoms with Crippen molar-refractivity contribution in [3.63, 3.8) is 0 Å². The van der Waals surface area contributed by atoms with Gasteiger partial charge in [-0.25, -0.2) is 4.57 Å². The van der Waals surface area contributed by atoms with Gasteiger partial charge in [-0.05, 0) is 22.2 Å². The molecule has 30 heavy (non-hydrogen) atoms. The van der Waals surface area contributed by atoms with Crippen LogP contribution < -0.4 is 0 Å². The quantitative estimate of drug-likeness (QED) is 0.150. The fraction of sp³-hybridized carbons (Fsp3) is 0.182. The molecule has 0 saturated carbocycles. The first kappa shape index (κ1) is 21.8. The van der Waals surface area contributed by atoms with Crippen molar-refractivity contribution in [1.29, 1.82) is 0 Å². The summed E-state index contributed by atoms with van der Waals surface area (Å²) in [6, 6.07) is 27.1. The van der Waals surface area contributed by atoms with Crippen LogP contribution >= 0.6 is 7.82 Å². The molecule has 154 valence electrons. The van der Waals surface area contributed by atoms with E-state index >= 15 is 0 Å². The van der Waals surface area contributed by atoms with E-state index in [-0.39, 0.29) is 19.8 Å². The first-order chi connectivity index (χ1) is 14.7. The van der Waals surface area contributed by atoms with E-state index in [4.69, 9.17) is 19.1 Å². The second-order valence-corrected chi connectivity index (χ2v) is 8.06. The van der Waals surface area contributed by atoms with Gasteiger partial charge < -0.3 is 0 Å². The lowest BCUT2D eigenvalue weighted by molar-refractivity contribution is 0.0984. The standard InChI is InChI=1S/C22H22N3O4P/c23-25-24-22(21-14-8-3-9-15-21)18-29-30(26,27-16-19-10-4-1-5-11-19)28-17-20-12-6-2-7-13-20/h1-15,22H,16-18H2. The zero-order chi connectivity index (χ0) is 21.1. The number of rotatable bonds is 11. The van der Waals surface area contributed by atoms with Gasteiger partial charge in [0.05, 0.1) is 25.9 Å². The minimum absolute atomic E-state index is 0.0599. The summed E-state index contributed by atoms with van der Waals surface area (Å²) in [4.78, 5) is 2.87. The van der Waals surface area contributed by atoms with E-state index in [0.717, 1.165) is 16.7 Å². The number of hydrogen-bond acceptors (Lipinski definition) is 5. The van der Waals surface area contributed by atoms with Gasteiger partial charge in [-0.3, -0.25) is 13.6 Å². The van der Waals surface area contributed by atoms with Crippen LogP contribution in [0, 0.1) is 0 Å². The smallest absolute Gasteiger partial charge is 0.286 e. The van der Waals surface area contributed by atoms with Gasteiger partial charge in [-0.2, -0.15) is 0 Å². The Labute approximate surface area is 175 Å². The van der Waals surface area contributed by atoms with E-state index < -0.39 is 13.9 Å². The van der Waals surface area contributed by atoms with Crippen LogP contribution in [0.4, 0.5) is 0 Å². The highest BCUT2D eigenvalue weighted by molar-refractivity contribution is 7.48. The predicted octanol–water partition coefficient (Wildman–Crippen LogP) is 6.60. The van der Waals surface area contributed by atoms with E-state index in [1.165, 1.54) is 0 Å². The van der Waals surface area contributed by atoms with Crippen molar-refractivity contribution in [2.75, 3.05) is 6.61 Å². The van der Waals surface area contributed by atoms with E-state index in [0.29, 0.717) is 0 Å². The van der Waals surface area contributed by atoms with Crippen molar-refractivity contribution in [3.05, 3.63) is 118 Å². The summed E-state index contributed by atoms with van der Waals surface area (Å²) in [5.74, 6) is 0. The fourth-order valence-electron chi connectivity index (χ4n) is 2.66. The van der Waals surface area contributed by atoms with Crippen molar-refractivity contribution in [3.8, 4) is 0 Å². The third kappa shape index (κ3) is 6.85. The van der Waals surface area contributed by atoms with Crippen LogP contribution in [0.15, 0.2) is 96.1 Å². The number of nitrogens with zero attached hydrogens (tertiary/aromatic N) is 3. The van der Waals surface area contributed by atoms with E-state index in [9.17, 15) is 4.57 Å². The topological polar surface area (TPSA) is 93.5 Å². The summed E-state index contributed by atoms with van der Waals surface area (Å²) in [6.07, 6.45) is 0. The highest BCUT2D eigenvalue weighted by atomic mass is 31.2.